The SMILES string of the molecule is Cl.Cl.N[C@@H](Cc1cnc[nH]1)C(=O)Cc1ccc(-c2ccc(C(F)(F)F)cc2)cc1. The van der Waals surface area contributed by atoms with Crippen molar-refractivity contribution in [1.29, 1.82) is 0 Å². The van der Waals surface area contributed by atoms with Crippen molar-refractivity contribution < 1.29 is 18.0 Å². The number of ketones is 1. The highest BCUT2D eigenvalue weighted by Gasteiger charge is 2.29. The Bertz CT molecular complexity index is 896. The summed E-state index contributed by atoms with van der Waals surface area (Å²) in [7, 11) is 0. The fraction of sp³-hybridized carbons (Fsp3) is 0.200. The number of imidazole rings is 1. The third kappa shape index (κ3) is 6.59. The van der Waals surface area contributed by atoms with Crippen LogP contribution in [0.3, 0.4) is 0 Å². The normalized spacial score (nSPS) is 11.9. The van der Waals surface area contributed by atoms with Gasteiger partial charge in [-0.25, -0.2) is 4.98 Å². The fourth-order valence-corrected chi connectivity index (χ4v) is 2.75. The second kappa shape index (κ2) is 10.4. The van der Waals surface area contributed by atoms with E-state index in [2.05, 4.69) is 9.97 Å². The van der Waals surface area contributed by atoms with Gasteiger partial charge >= 0.3 is 6.18 Å². The summed E-state index contributed by atoms with van der Waals surface area (Å²) in [6.45, 7) is 0. The van der Waals surface area contributed by atoms with Crippen LogP contribution >= 0.6 is 24.8 Å². The van der Waals surface area contributed by atoms with E-state index in [-0.39, 0.29) is 37.0 Å². The summed E-state index contributed by atoms with van der Waals surface area (Å²) in [5.41, 5.74) is 8.31. The third-order valence-corrected chi connectivity index (χ3v) is 4.29. The van der Waals surface area contributed by atoms with Gasteiger partial charge in [-0.05, 0) is 28.8 Å². The van der Waals surface area contributed by atoms with Gasteiger partial charge in [0.15, 0.2) is 5.78 Å². The Morgan fingerprint density at radius 1 is 1.00 bits per heavy atom. The first-order chi connectivity index (χ1) is 12.8. The third-order valence-electron chi connectivity index (χ3n) is 4.29. The average molecular weight is 446 g/mol. The number of nitrogens with zero attached hydrogens (tertiary/aromatic N) is 1. The lowest BCUT2D eigenvalue weighted by Gasteiger charge is -2.10. The molecule has 156 valence electrons. The van der Waals surface area contributed by atoms with Crippen LogP contribution in [0.5, 0.6) is 0 Å². The van der Waals surface area contributed by atoms with E-state index < -0.39 is 17.8 Å². The van der Waals surface area contributed by atoms with Crippen molar-refractivity contribution in [3.63, 3.8) is 0 Å². The zero-order chi connectivity index (χ0) is 19.4. The van der Waals surface area contributed by atoms with Gasteiger partial charge < -0.3 is 10.7 Å². The molecular formula is C20H20Cl2F3N3O. The molecule has 1 heterocycles. The van der Waals surface area contributed by atoms with Crippen molar-refractivity contribution in [3.8, 4) is 11.1 Å². The molecule has 0 aliphatic heterocycles. The Morgan fingerprint density at radius 2 is 1.55 bits per heavy atom. The summed E-state index contributed by atoms with van der Waals surface area (Å²) in [6, 6.07) is 11.5. The highest BCUT2D eigenvalue weighted by Crippen LogP contribution is 2.31. The molecule has 1 aromatic heterocycles. The number of nitrogens with one attached hydrogen (secondary N) is 1. The second-order valence-electron chi connectivity index (χ2n) is 6.30. The summed E-state index contributed by atoms with van der Waals surface area (Å²) in [5, 5.41) is 0. The molecule has 0 spiro atoms. The molecule has 0 aliphatic rings. The minimum atomic E-state index is -4.35. The Morgan fingerprint density at radius 3 is 2.03 bits per heavy atom. The minimum absolute atomic E-state index is 0. The van der Waals surface area contributed by atoms with Gasteiger partial charge in [0.2, 0.25) is 0 Å². The molecule has 29 heavy (non-hydrogen) atoms. The van der Waals surface area contributed by atoms with Gasteiger partial charge in [0.1, 0.15) is 0 Å². The number of hydrogen-bond acceptors (Lipinski definition) is 3. The molecule has 0 fully saturated rings. The number of carbonyl (C=O) groups excluding carboxylic acids is 1. The molecule has 3 aromatic rings. The van der Waals surface area contributed by atoms with Crippen LogP contribution in [0.4, 0.5) is 13.2 Å². The maximum atomic E-state index is 12.6. The first kappa shape index (κ1) is 24.7. The summed E-state index contributed by atoms with van der Waals surface area (Å²) in [4.78, 5) is 19.1. The molecule has 0 radical (unpaired) electrons. The Labute approximate surface area is 178 Å². The van der Waals surface area contributed by atoms with E-state index >= 15 is 0 Å². The molecule has 0 aliphatic carbocycles. The molecule has 3 rings (SSSR count). The number of H-pyrrole nitrogens is 1. The van der Waals surface area contributed by atoms with Crippen molar-refractivity contribution in [3.05, 3.63) is 77.9 Å². The van der Waals surface area contributed by atoms with E-state index in [9.17, 15) is 18.0 Å². The fourth-order valence-electron chi connectivity index (χ4n) is 2.75. The van der Waals surface area contributed by atoms with Gasteiger partial charge in [0.05, 0.1) is 17.9 Å². The van der Waals surface area contributed by atoms with E-state index in [4.69, 9.17) is 5.73 Å². The smallest absolute Gasteiger partial charge is 0.348 e. The topological polar surface area (TPSA) is 71.8 Å². The maximum absolute atomic E-state index is 12.6. The van der Waals surface area contributed by atoms with E-state index in [0.29, 0.717) is 12.0 Å². The molecule has 3 N–H and O–H groups in total. The zero-order valence-corrected chi connectivity index (χ0v) is 16.8. The summed E-state index contributed by atoms with van der Waals surface area (Å²) < 4.78 is 37.9. The number of carbonyl (C=O) groups is 1. The predicted molar refractivity (Wildman–Crippen MR) is 110 cm³/mol. The molecule has 0 saturated heterocycles. The van der Waals surface area contributed by atoms with Crippen LogP contribution in [-0.4, -0.2) is 21.8 Å². The Hall–Kier alpha value is -2.35. The number of benzene rings is 2. The number of hydrogen-bond donors (Lipinski definition) is 2. The van der Waals surface area contributed by atoms with Crippen LogP contribution < -0.4 is 5.73 Å². The standard InChI is InChI=1S/C20H18F3N3O.2ClH/c21-20(22,23)16-7-5-15(6-8-16)14-3-1-13(2-4-14)9-19(27)18(24)10-17-11-25-12-26-17;;/h1-8,11-12,18H,9-10,24H2,(H,25,26);2*1H/t18-;;/m0../s1. The van der Waals surface area contributed by atoms with Crippen LogP contribution in [0.15, 0.2) is 61.1 Å². The molecule has 0 unspecified atom stereocenters. The van der Waals surface area contributed by atoms with Gasteiger partial charge in [-0.1, -0.05) is 36.4 Å². The first-order valence-electron chi connectivity index (χ1n) is 8.35. The van der Waals surface area contributed by atoms with Crippen LogP contribution in [0, 0.1) is 0 Å². The highest BCUT2D eigenvalue weighted by molar-refractivity contribution is 5.86. The van der Waals surface area contributed by atoms with Crippen LogP contribution in [0.2, 0.25) is 0 Å². The lowest BCUT2D eigenvalue weighted by molar-refractivity contribution is -0.137. The van der Waals surface area contributed by atoms with Gasteiger partial charge in [0, 0.05) is 24.7 Å². The first-order valence-corrected chi connectivity index (χ1v) is 8.35. The van der Waals surface area contributed by atoms with Gasteiger partial charge in [-0.15, -0.1) is 24.8 Å². The van der Waals surface area contributed by atoms with Crippen molar-refractivity contribution in [2.24, 2.45) is 5.73 Å². The van der Waals surface area contributed by atoms with Crippen molar-refractivity contribution in [2.75, 3.05) is 0 Å². The Kier molecular flexibility index (Phi) is 8.88. The van der Waals surface area contributed by atoms with Crippen LogP contribution in [-0.2, 0) is 23.8 Å². The van der Waals surface area contributed by atoms with Crippen molar-refractivity contribution in [1.82, 2.24) is 9.97 Å². The molecule has 1 atom stereocenters. The highest BCUT2D eigenvalue weighted by atomic mass is 35.5. The lowest BCUT2D eigenvalue weighted by atomic mass is 9.98. The lowest BCUT2D eigenvalue weighted by Crippen LogP contribution is -2.34. The van der Waals surface area contributed by atoms with E-state index in [1.165, 1.54) is 18.5 Å². The quantitative estimate of drug-likeness (QED) is 0.581. The molecule has 4 nitrogen and oxygen atoms in total. The molecular weight excluding hydrogens is 426 g/mol. The number of Topliss-reactive ketones (excluding diaryl/α,β-unsaturated/α-hetero) is 1. The number of alkyl halides is 3. The largest absolute Gasteiger partial charge is 0.416 e. The number of aromatic amines is 1. The number of aromatic nitrogens is 2. The summed E-state index contributed by atoms with van der Waals surface area (Å²) >= 11 is 0. The average Bonchev–Trinajstić information content (AvgIpc) is 3.15. The molecule has 0 amide bonds. The number of halogens is 5. The molecule has 0 bridgehead atoms. The molecule has 0 saturated carbocycles. The Balaban J connectivity index is 0.00000210. The molecule has 9 heteroatoms. The summed E-state index contributed by atoms with van der Waals surface area (Å²) in [5.74, 6) is -0.0909. The van der Waals surface area contributed by atoms with Crippen molar-refractivity contribution >= 4 is 30.6 Å². The van der Waals surface area contributed by atoms with Crippen LogP contribution in [0.1, 0.15) is 16.8 Å². The van der Waals surface area contributed by atoms with Gasteiger partial charge in [0.25, 0.3) is 0 Å². The van der Waals surface area contributed by atoms with Gasteiger partial charge in [-0.2, -0.15) is 13.2 Å². The van der Waals surface area contributed by atoms with E-state index in [0.717, 1.165) is 29.0 Å². The monoisotopic (exact) mass is 445 g/mol. The molecule has 2 aromatic carbocycles. The minimum Gasteiger partial charge on any atom is -0.348 e. The van der Waals surface area contributed by atoms with Crippen LogP contribution in [0.25, 0.3) is 11.1 Å². The predicted octanol–water partition coefficient (Wildman–Crippen LogP) is 4.62. The van der Waals surface area contributed by atoms with E-state index in [1.807, 2.05) is 0 Å². The maximum Gasteiger partial charge on any atom is 0.416 e. The van der Waals surface area contributed by atoms with Gasteiger partial charge in [-0.3, -0.25) is 4.79 Å². The number of nitrogens with two attached hydrogens (primary N) is 1. The zero-order valence-electron chi connectivity index (χ0n) is 15.1. The van der Waals surface area contributed by atoms with E-state index in [1.54, 1.807) is 30.5 Å². The summed E-state index contributed by atoms with van der Waals surface area (Å²) in [6.07, 6.45) is -0.596. The number of rotatable bonds is 6. The second-order valence-corrected chi connectivity index (χ2v) is 6.30. The van der Waals surface area contributed by atoms with Crippen molar-refractivity contribution in [2.45, 2.75) is 25.1 Å².